The highest BCUT2D eigenvalue weighted by molar-refractivity contribution is 7.97. The predicted molar refractivity (Wildman–Crippen MR) is 185 cm³/mol. The Balaban J connectivity index is 1.15. The molecule has 0 bridgehead atoms. The van der Waals surface area contributed by atoms with Gasteiger partial charge in [0.05, 0.1) is 5.56 Å². The molecule has 8 heteroatoms. The van der Waals surface area contributed by atoms with Crippen LogP contribution in [-0.4, -0.2) is 77.6 Å². The van der Waals surface area contributed by atoms with Crippen LogP contribution in [0.3, 0.4) is 0 Å². The Hall–Kier alpha value is -3.33. The maximum Gasteiger partial charge on any atom is 0.410 e. The van der Waals surface area contributed by atoms with Gasteiger partial charge in [-0.15, -0.1) is 0 Å². The Morgan fingerprint density at radius 3 is 2.24 bits per heavy atom. The molecule has 2 heterocycles. The van der Waals surface area contributed by atoms with Gasteiger partial charge in [-0.2, -0.15) is 0 Å². The summed E-state index contributed by atoms with van der Waals surface area (Å²) < 4.78 is 13.5. The molecule has 0 aliphatic carbocycles. The Labute approximate surface area is 279 Å². The van der Waals surface area contributed by atoms with E-state index in [-0.39, 0.29) is 30.1 Å². The number of hydrogen-bond acceptors (Lipinski definition) is 7. The quantitative estimate of drug-likeness (QED) is 0.157. The highest BCUT2D eigenvalue weighted by Crippen LogP contribution is 2.36. The highest BCUT2D eigenvalue weighted by Gasteiger charge is 2.42. The number of carbonyl (C=O) groups is 2. The molecule has 2 fully saturated rings. The molecule has 2 aliphatic rings. The van der Waals surface area contributed by atoms with Crippen molar-refractivity contribution in [2.75, 3.05) is 39.8 Å². The minimum atomic E-state index is -0.469. The minimum Gasteiger partial charge on any atom is -0.457 e. The Morgan fingerprint density at radius 1 is 0.891 bits per heavy atom. The number of likely N-dealkylation sites (tertiary alicyclic amines) is 2. The van der Waals surface area contributed by atoms with Crippen LogP contribution in [0.2, 0.25) is 0 Å². The van der Waals surface area contributed by atoms with Crippen LogP contribution in [0, 0.1) is 5.92 Å². The standard InChI is InChI=1S/C38H49N3O4S/c1-37(2,3)45-36(43)41-24-20-31-26-40(23-21-34(31)41)25-22-38(4,32-14-10-7-11-15-32)28-39(5)46-33-18-16-30(17-19-33)35(42)44-27-29-12-8-6-9-13-29/h6-19,31,34H,20-28H2,1-5H3. The molecule has 2 aliphatic heterocycles. The number of ether oxygens (including phenoxy) is 2. The van der Waals surface area contributed by atoms with Gasteiger partial charge < -0.3 is 19.3 Å². The van der Waals surface area contributed by atoms with E-state index in [0.29, 0.717) is 11.5 Å². The summed E-state index contributed by atoms with van der Waals surface area (Å²) in [5, 5.41) is 0. The van der Waals surface area contributed by atoms with E-state index in [9.17, 15) is 9.59 Å². The van der Waals surface area contributed by atoms with Crippen LogP contribution in [0.25, 0.3) is 0 Å². The first kappa shape index (κ1) is 34.0. The average Bonchev–Trinajstić information content (AvgIpc) is 3.47. The number of benzene rings is 3. The van der Waals surface area contributed by atoms with Gasteiger partial charge in [-0.3, -0.25) is 0 Å². The molecular formula is C38H49N3O4S. The third-order valence-electron chi connectivity index (χ3n) is 9.13. The minimum absolute atomic E-state index is 0.0563. The van der Waals surface area contributed by atoms with Gasteiger partial charge in [-0.05, 0) is 107 Å². The molecule has 0 aromatic heterocycles. The van der Waals surface area contributed by atoms with Gasteiger partial charge in [0.1, 0.15) is 12.2 Å². The summed E-state index contributed by atoms with van der Waals surface area (Å²) >= 11 is 1.69. The lowest BCUT2D eigenvalue weighted by Gasteiger charge is -2.40. The van der Waals surface area contributed by atoms with Gasteiger partial charge >= 0.3 is 12.1 Å². The molecule has 0 N–H and O–H groups in total. The summed E-state index contributed by atoms with van der Waals surface area (Å²) in [5.41, 5.74) is 2.34. The highest BCUT2D eigenvalue weighted by atomic mass is 32.2. The number of carbonyl (C=O) groups excluding carboxylic acids is 2. The maximum atomic E-state index is 12.8. The number of piperidine rings is 1. The van der Waals surface area contributed by atoms with Crippen molar-refractivity contribution >= 4 is 24.0 Å². The first-order chi connectivity index (χ1) is 22.0. The third kappa shape index (κ3) is 9.14. The molecule has 3 aromatic carbocycles. The molecule has 0 spiro atoms. The van der Waals surface area contributed by atoms with Crippen molar-refractivity contribution in [1.82, 2.24) is 14.1 Å². The summed E-state index contributed by atoms with van der Waals surface area (Å²) in [6.07, 6.45) is 2.90. The normalized spacial score (nSPS) is 19.8. The molecular weight excluding hydrogens is 595 g/mol. The lowest BCUT2D eigenvalue weighted by Crippen LogP contribution is -2.49. The van der Waals surface area contributed by atoms with E-state index in [4.69, 9.17) is 9.47 Å². The second-order valence-electron chi connectivity index (χ2n) is 14.0. The van der Waals surface area contributed by atoms with Crippen LogP contribution in [0.15, 0.2) is 89.8 Å². The number of nitrogens with zero attached hydrogens (tertiary/aromatic N) is 3. The zero-order valence-electron chi connectivity index (χ0n) is 28.0. The Bertz CT molecular complexity index is 1430. The second kappa shape index (κ2) is 15.1. The second-order valence-corrected chi connectivity index (χ2v) is 15.3. The van der Waals surface area contributed by atoms with Gasteiger partial charge in [0, 0.05) is 42.5 Å². The fraction of sp³-hybridized carbons (Fsp3) is 0.474. The molecule has 0 radical (unpaired) electrons. The SMILES string of the molecule is CN(CC(C)(CCN1CCC2C(CCN2C(=O)OC(C)(C)C)C1)c1ccccc1)Sc1ccc(C(=O)OCc2ccccc2)cc1. The lowest BCUT2D eigenvalue weighted by atomic mass is 9.79. The molecule has 3 atom stereocenters. The molecule has 5 rings (SSSR count). The van der Waals surface area contributed by atoms with Gasteiger partial charge in [-0.1, -0.05) is 67.6 Å². The van der Waals surface area contributed by atoms with E-state index in [1.807, 2.05) is 80.3 Å². The molecule has 0 saturated carbocycles. The molecule has 2 saturated heterocycles. The zero-order valence-corrected chi connectivity index (χ0v) is 28.8. The fourth-order valence-corrected chi connectivity index (χ4v) is 7.70. The lowest BCUT2D eigenvalue weighted by molar-refractivity contribution is 0.0139. The van der Waals surface area contributed by atoms with Crippen molar-refractivity contribution in [3.8, 4) is 0 Å². The van der Waals surface area contributed by atoms with Crippen LogP contribution in [0.4, 0.5) is 4.79 Å². The van der Waals surface area contributed by atoms with Crippen LogP contribution in [0.5, 0.6) is 0 Å². The number of esters is 1. The molecule has 1 amide bonds. The fourth-order valence-electron chi connectivity index (χ4n) is 6.73. The van der Waals surface area contributed by atoms with E-state index >= 15 is 0 Å². The van der Waals surface area contributed by atoms with E-state index in [1.165, 1.54) is 5.56 Å². The summed E-state index contributed by atoms with van der Waals surface area (Å²) in [5.74, 6) is 0.186. The van der Waals surface area contributed by atoms with E-state index in [1.54, 1.807) is 11.9 Å². The number of fused-ring (bicyclic) bond motifs is 1. The number of likely N-dealkylation sites (N-methyl/N-ethyl adjacent to an activating group) is 1. The van der Waals surface area contributed by atoms with Crippen LogP contribution >= 0.6 is 11.9 Å². The van der Waals surface area contributed by atoms with Crippen LogP contribution in [0.1, 0.15) is 68.4 Å². The van der Waals surface area contributed by atoms with Crippen molar-refractivity contribution in [2.24, 2.45) is 5.92 Å². The first-order valence-corrected chi connectivity index (χ1v) is 17.2. The largest absolute Gasteiger partial charge is 0.457 e. The summed E-state index contributed by atoms with van der Waals surface area (Å²) in [4.78, 5) is 31.1. The zero-order chi connectivity index (χ0) is 32.7. The average molecular weight is 644 g/mol. The van der Waals surface area contributed by atoms with E-state index in [0.717, 1.165) is 62.4 Å². The summed E-state index contributed by atoms with van der Waals surface area (Å²) in [7, 11) is 2.14. The van der Waals surface area contributed by atoms with Gasteiger partial charge in [0.15, 0.2) is 0 Å². The molecule has 246 valence electrons. The smallest absolute Gasteiger partial charge is 0.410 e. The van der Waals surface area contributed by atoms with Gasteiger partial charge in [-0.25, -0.2) is 13.9 Å². The van der Waals surface area contributed by atoms with Gasteiger partial charge in [0.2, 0.25) is 0 Å². The van der Waals surface area contributed by atoms with Crippen molar-refractivity contribution in [3.63, 3.8) is 0 Å². The number of rotatable bonds is 11. The Kier molecular flexibility index (Phi) is 11.1. The molecule has 7 nitrogen and oxygen atoms in total. The van der Waals surface area contributed by atoms with E-state index in [2.05, 4.69) is 53.5 Å². The molecule has 3 aromatic rings. The van der Waals surface area contributed by atoms with Crippen LogP contribution < -0.4 is 0 Å². The molecule has 3 unspecified atom stereocenters. The predicted octanol–water partition coefficient (Wildman–Crippen LogP) is 7.66. The topological polar surface area (TPSA) is 62.3 Å². The number of amides is 1. The Morgan fingerprint density at radius 2 is 1.57 bits per heavy atom. The van der Waals surface area contributed by atoms with E-state index < -0.39 is 5.60 Å². The maximum absolute atomic E-state index is 12.8. The van der Waals surface area contributed by atoms with Gasteiger partial charge in [0.25, 0.3) is 0 Å². The van der Waals surface area contributed by atoms with Crippen molar-refractivity contribution in [3.05, 3.63) is 102 Å². The van der Waals surface area contributed by atoms with Crippen molar-refractivity contribution in [1.29, 1.82) is 0 Å². The first-order valence-electron chi connectivity index (χ1n) is 16.5. The summed E-state index contributed by atoms with van der Waals surface area (Å²) in [6.45, 7) is 13.1. The monoisotopic (exact) mass is 643 g/mol. The number of hydrogen-bond donors (Lipinski definition) is 0. The third-order valence-corrected chi connectivity index (χ3v) is 10.1. The molecule has 46 heavy (non-hydrogen) atoms. The van der Waals surface area contributed by atoms with Crippen LogP contribution in [-0.2, 0) is 21.5 Å². The van der Waals surface area contributed by atoms with Crippen molar-refractivity contribution < 1.29 is 19.1 Å². The summed E-state index contributed by atoms with van der Waals surface area (Å²) in [6, 6.07) is 28.5. The van der Waals surface area contributed by atoms with Crippen molar-refractivity contribution in [2.45, 2.75) is 75.5 Å².